The highest BCUT2D eigenvalue weighted by Crippen LogP contribution is 2.27. The Morgan fingerprint density at radius 3 is 2.31 bits per heavy atom. The van der Waals surface area contributed by atoms with Gasteiger partial charge in [-0.15, -0.1) is 0 Å². The molecule has 0 aliphatic carbocycles. The van der Waals surface area contributed by atoms with E-state index in [1.165, 1.54) is 12.1 Å². The van der Waals surface area contributed by atoms with Crippen molar-refractivity contribution in [3.8, 4) is 5.75 Å². The first-order valence-electron chi connectivity index (χ1n) is 9.73. The Kier molecular flexibility index (Phi) is 7.52. The van der Waals surface area contributed by atoms with Gasteiger partial charge in [0.1, 0.15) is 11.3 Å². The van der Waals surface area contributed by atoms with Crippen molar-refractivity contribution in [1.82, 2.24) is 5.32 Å². The van der Waals surface area contributed by atoms with E-state index in [-0.39, 0.29) is 15.4 Å². The van der Waals surface area contributed by atoms with E-state index < -0.39 is 27.7 Å². The molecule has 3 rings (SSSR count). The molecule has 1 unspecified atom stereocenters. The normalized spacial score (nSPS) is 12.4. The number of aliphatic hydroxyl groups excluding tert-OH is 1. The highest BCUT2D eigenvalue weighted by Gasteiger charge is 2.20. The zero-order valence-electron chi connectivity index (χ0n) is 16.9. The SMILES string of the molecule is O=C(O)c1ccc(S(=O)(=O)c2ccc(CCNCC(O)c3cccc(Cl)c3)cc2)cc1O. The van der Waals surface area contributed by atoms with Crippen LogP contribution in [0.15, 0.2) is 76.5 Å². The second-order valence-corrected chi connectivity index (χ2v) is 9.54. The van der Waals surface area contributed by atoms with Crippen LogP contribution in [0.5, 0.6) is 5.75 Å². The maximum Gasteiger partial charge on any atom is 0.339 e. The molecular weight excluding hydrogens is 454 g/mol. The van der Waals surface area contributed by atoms with Crippen molar-refractivity contribution in [2.24, 2.45) is 0 Å². The average molecular weight is 476 g/mol. The molecule has 0 fully saturated rings. The molecule has 3 aromatic rings. The Hall–Kier alpha value is -2.91. The number of aromatic hydroxyl groups is 1. The lowest BCUT2D eigenvalue weighted by atomic mass is 10.1. The minimum Gasteiger partial charge on any atom is -0.507 e. The summed E-state index contributed by atoms with van der Waals surface area (Å²) in [7, 11) is -3.90. The molecule has 0 aliphatic heterocycles. The van der Waals surface area contributed by atoms with Crippen molar-refractivity contribution in [2.75, 3.05) is 13.1 Å². The van der Waals surface area contributed by atoms with Crippen LogP contribution in [0.3, 0.4) is 0 Å². The van der Waals surface area contributed by atoms with E-state index in [4.69, 9.17) is 16.7 Å². The third-order valence-electron chi connectivity index (χ3n) is 4.91. The summed E-state index contributed by atoms with van der Waals surface area (Å²) in [6.45, 7) is 0.927. The van der Waals surface area contributed by atoms with Gasteiger partial charge in [-0.3, -0.25) is 0 Å². The van der Waals surface area contributed by atoms with E-state index in [9.17, 15) is 23.4 Å². The Bertz CT molecular complexity index is 1210. The van der Waals surface area contributed by atoms with Crippen LogP contribution < -0.4 is 5.32 Å². The molecule has 0 radical (unpaired) electrons. The number of nitrogens with one attached hydrogen (secondary N) is 1. The van der Waals surface area contributed by atoms with Crippen LogP contribution in [0, 0.1) is 0 Å². The number of carboxylic acids is 1. The number of benzene rings is 3. The van der Waals surface area contributed by atoms with Crippen LogP contribution >= 0.6 is 11.6 Å². The summed E-state index contributed by atoms with van der Waals surface area (Å²) in [5, 5.41) is 32.7. The number of carbonyl (C=O) groups is 1. The van der Waals surface area contributed by atoms with Crippen molar-refractivity contribution >= 4 is 27.4 Å². The third-order valence-corrected chi connectivity index (χ3v) is 6.91. The number of hydrogen-bond acceptors (Lipinski definition) is 6. The van der Waals surface area contributed by atoms with Crippen LogP contribution in [-0.2, 0) is 16.3 Å². The van der Waals surface area contributed by atoms with Crippen LogP contribution in [0.4, 0.5) is 0 Å². The average Bonchev–Trinajstić information content (AvgIpc) is 2.76. The Morgan fingerprint density at radius 2 is 1.69 bits per heavy atom. The van der Waals surface area contributed by atoms with Gasteiger partial charge in [-0.25, -0.2) is 13.2 Å². The number of hydrogen-bond donors (Lipinski definition) is 4. The first-order chi connectivity index (χ1) is 15.2. The van der Waals surface area contributed by atoms with Crippen LogP contribution in [0.25, 0.3) is 0 Å². The smallest absolute Gasteiger partial charge is 0.339 e. The number of aliphatic hydroxyl groups is 1. The minimum absolute atomic E-state index is 0.0352. The molecule has 0 aromatic heterocycles. The lowest BCUT2D eigenvalue weighted by Gasteiger charge is -2.13. The zero-order valence-corrected chi connectivity index (χ0v) is 18.5. The zero-order chi connectivity index (χ0) is 23.3. The van der Waals surface area contributed by atoms with Gasteiger partial charge in [-0.2, -0.15) is 0 Å². The molecule has 0 bridgehead atoms. The van der Waals surface area contributed by atoms with Gasteiger partial charge in [0.25, 0.3) is 0 Å². The second kappa shape index (κ2) is 10.1. The molecule has 0 saturated carbocycles. The second-order valence-electron chi connectivity index (χ2n) is 7.16. The molecule has 0 aliphatic rings. The summed E-state index contributed by atoms with van der Waals surface area (Å²) in [4.78, 5) is 10.8. The van der Waals surface area contributed by atoms with E-state index in [0.29, 0.717) is 24.5 Å². The molecule has 0 spiro atoms. The van der Waals surface area contributed by atoms with Gasteiger partial charge >= 0.3 is 5.97 Å². The minimum atomic E-state index is -3.90. The van der Waals surface area contributed by atoms with Crippen molar-refractivity contribution < 1.29 is 28.5 Å². The van der Waals surface area contributed by atoms with Crippen molar-refractivity contribution in [2.45, 2.75) is 22.3 Å². The highest BCUT2D eigenvalue weighted by atomic mass is 35.5. The maximum atomic E-state index is 12.8. The molecule has 4 N–H and O–H groups in total. The van der Waals surface area contributed by atoms with Crippen molar-refractivity contribution in [1.29, 1.82) is 0 Å². The molecule has 168 valence electrons. The first-order valence-corrected chi connectivity index (χ1v) is 11.6. The Morgan fingerprint density at radius 1 is 1.00 bits per heavy atom. The highest BCUT2D eigenvalue weighted by molar-refractivity contribution is 7.91. The first kappa shape index (κ1) is 23.7. The molecule has 0 amide bonds. The molecule has 3 aromatic carbocycles. The van der Waals surface area contributed by atoms with E-state index in [0.717, 1.165) is 29.3 Å². The molecule has 7 nitrogen and oxygen atoms in total. The maximum absolute atomic E-state index is 12.8. The lowest BCUT2D eigenvalue weighted by Crippen LogP contribution is -2.23. The number of rotatable bonds is 9. The quantitative estimate of drug-likeness (QED) is 0.349. The van der Waals surface area contributed by atoms with Gasteiger partial charge in [-0.1, -0.05) is 35.9 Å². The van der Waals surface area contributed by atoms with Crippen LogP contribution in [-0.4, -0.2) is 42.8 Å². The molecular formula is C23H22ClNO6S. The topological polar surface area (TPSA) is 124 Å². The van der Waals surface area contributed by atoms with Crippen molar-refractivity contribution in [3.05, 3.63) is 88.4 Å². The van der Waals surface area contributed by atoms with E-state index in [2.05, 4.69) is 5.32 Å². The van der Waals surface area contributed by atoms with Crippen LogP contribution in [0.1, 0.15) is 27.6 Å². The largest absolute Gasteiger partial charge is 0.507 e. The Labute approximate surface area is 190 Å². The fourth-order valence-corrected chi connectivity index (χ4v) is 4.61. The van der Waals surface area contributed by atoms with Gasteiger partial charge in [0.05, 0.1) is 15.9 Å². The number of halogens is 1. The molecule has 0 heterocycles. The van der Waals surface area contributed by atoms with E-state index >= 15 is 0 Å². The van der Waals surface area contributed by atoms with Crippen LogP contribution in [0.2, 0.25) is 5.02 Å². The lowest BCUT2D eigenvalue weighted by molar-refractivity contribution is 0.0693. The number of phenols is 1. The summed E-state index contributed by atoms with van der Waals surface area (Å²) in [6, 6.07) is 16.5. The summed E-state index contributed by atoms with van der Waals surface area (Å²) in [6.07, 6.45) is -0.0680. The third kappa shape index (κ3) is 5.66. The standard InChI is InChI=1S/C23H22ClNO6S/c24-17-3-1-2-16(12-17)22(27)14-25-11-10-15-4-6-18(7-5-15)32(30,31)19-8-9-20(23(28)29)21(26)13-19/h1-9,12-13,22,25-27H,10-11,14H2,(H,28,29). The summed E-state index contributed by atoms with van der Waals surface area (Å²) < 4.78 is 25.5. The van der Waals surface area contributed by atoms with Gasteiger partial charge in [0, 0.05) is 11.6 Å². The number of carboxylic acid groups (broad SMARTS) is 1. The Balaban J connectivity index is 1.58. The molecule has 32 heavy (non-hydrogen) atoms. The summed E-state index contributed by atoms with van der Waals surface area (Å²) >= 11 is 5.93. The van der Waals surface area contributed by atoms with Gasteiger partial charge in [-0.05, 0) is 66.6 Å². The van der Waals surface area contributed by atoms with Crippen molar-refractivity contribution in [3.63, 3.8) is 0 Å². The van der Waals surface area contributed by atoms with Gasteiger partial charge in [0.15, 0.2) is 0 Å². The fourth-order valence-electron chi connectivity index (χ4n) is 3.13. The van der Waals surface area contributed by atoms with Gasteiger partial charge in [0.2, 0.25) is 9.84 Å². The van der Waals surface area contributed by atoms with E-state index in [1.807, 2.05) is 0 Å². The van der Waals surface area contributed by atoms with Gasteiger partial charge < -0.3 is 20.6 Å². The number of sulfone groups is 1. The molecule has 1 atom stereocenters. The monoisotopic (exact) mass is 475 g/mol. The predicted octanol–water partition coefficient (Wildman–Crippen LogP) is 3.44. The summed E-state index contributed by atoms with van der Waals surface area (Å²) in [5.41, 5.74) is 1.26. The fraction of sp³-hybridized carbons (Fsp3) is 0.174. The molecule has 0 saturated heterocycles. The summed E-state index contributed by atoms with van der Waals surface area (Å²) in [5.74, 6) is -1.95. The van der Waals surface area contributed by atoms with E-state index in [1.54, 1.807) is 36.4 Å². The molecule has 9 heteroatoms. The number of aromatic carboxylic acids is 1. The predicted molar refractivity (Wildman–Crippen MR) is 120 cm³/mol.